The lowest BCUT2D eigenvalue weighted by Crippen LogP contribution is -1.98. The van der Waals surface area contributed by atoms with Crippen molar-refractivity contribution in [3.05, 3.63) is 30.2 Å². The minimum atomic E-state index is -0.862. The van der Waals surface area contributed by atoms with Gasteiger partial charge in [0.1, 0.15) is 5.75 Å². The number of nitrogens with zero attached hydrogens (tertiary/aromatic N) is 2. The van der Waals surface area contributed by atoms with Gasteiger partial charge in [0.25, 0.3) is 0 Å². The molecule has 0 bridgehead atoms. The maximum Gasteiger partial charge on any atom is 0.313 e. The average molecular weight is 294 g/mol. The van der Waals surface area contributed by atoms with E-state index in [1.54, 1.807) is 0 Å². The Bertz CT molecular complexity index is 585. The summed E-state index contributed by atoms with van der Waals surface area (Å²) in [7, 11) is 0. The molecule has 0 saturated carbocycles. The van der Waals surface area contributed by atoms with Crippen molar-refractivity contribution in [1.82, 2.24) is 10.1 Å². The van der Waals surface area contributed by atoms with Gasteiger partial charge in [-0.15, -0.1) is 11.8 Å². The van der Waals surface area contributed by atoms with Crippen molar-refractivity contribution in [2.45, 2.75) is 12.7 Å². The second-order valence-electron chi connectivity index (χ2n) is 3.86. The monoisotopic (exact) mass is 294 g/mol. The van der Waals surface area contributed by atoms with Crippen molar-refractivity contribution in [2.75, 3.05) is 12.4 Å². The zero-order valence-electron chi connectivity index (χ0n) is 10.9. The summed E-state index contributed by atoms with van der Waals surface area (Å²) >= 11 is 1.21. The van der Waals surface area contributed by atoms with Crippen LogP contribution in [0.4, 0.5) is 0 Å². The van der Waals surface area contributed by atoms with E-state index >= 15 is 0 Å². The van der Waals surface area contributed by atoms with E-state index in [-0.39, 0.29) is 5.75 Å². The predicted molar refractivity (Wildman–Crippen MR) is 74.7 cm³/mol. The van der Waals surface area contributed by atoms with Crippen LogP contribution in [0.15, 0.2) is 28.8 Å². The predicted octanol–water partition coefficient (Wildman–Crippen LogP) is 2.45. The minimum Gasteiger partial charge on any atom is -0.494 e. The number of carboxylic acids is 1. The zero-order valence-corrected chi connectivity index (χ0v) is 11.7. The molecule has 0 unspecified atom stereocenters. The van der Waals surface area contributed by atoms with Crippen molar-refractivity contribution in [3.63, 3.8) is 0 Å². The fourth-order valence-electron chi connectivity index (χ4n) is 1.55. The van der Waals surface area contributed by atoms with Crippen LogP contribution < -0.4 is 4.74 Å². The molecule has 0 aliphatic heterocycles. The molecule has 0 saturated heterocycles. The van der Waals surface area contributed by atoms with E-state index in [0.717, 1.165) is 11.3 Å². The summed E-state index contributed by atoms with van der Waals surface area (Å²) in [6.07, 6.45) is 0. The Labute approximate surface area is 120 Å². The lowest BCUT2D eigenvalue weighted by Gasteiger charge is -2.02. The molecule has 106 valence electrons. The Morgan fingerprint density at radius 3 is 3.10 bits per heavy atom. The Kier molecular flexibility index (Phi) is 5.00. The number of carboxylic acid groups (broad SMARTS) is 1. The van der Waals surface area contributed by atoms with E-state index in [9.17, 15) is 4.79 Å². The minimum absolute atomic E-state index is 0.0114. The molecule has 2 aromatic rings. The first-order valence-electron chi connectivity index (χ1n) is 6.04. The molecule has 0 radical (unpaired) electrons. The lowest BCUT2D eigenvalue weighted by molar-refractivity contribution is -0.133. The normalized spacial score (nSPS) is 10.4. The summed E-state index contributed by atoms with van der Waals surface area (Å²) < 4.78 is 10.5. The van der Waals surface area contributed by atoms with Crippen LogP contribution in [0.25, 0.3) is 11.4 Å². The van der Waals surface area contributed by atoms with Gasteiger partial charge >= 0.3 is 5.97 Å². The van der Waals surface area contributed by atoms with Gasteiger partial charge in [-0.2, -0.15) is 4.98 Å². The van der Waals surface area contributed by atoms with E-state index in [1.165, 1.54) is 11.8 Å². The molecular formula is C13H14N2O4S. The van der Waals surface area contributed by atoms with Gasteiger partial charge in [0.05, 0.1) is 18.1 Å². The summed E-state index contributed by atoms with van der Waals surface area (Å²) in [5, 5.41) is 12.4. The summed E-state index contributed by atoms with van der Waals surface area (Å²) in [6, 6.07) is 7.41. The standard InChI is InChI=1S/C13H14N2O4S/c1-2-18-10-5-3-4-9(6-10)13-14-11(19-15-13)7-20-8-12(16)17/h3-6H,2,7-8H2,1H3,(H,16,17). The molecule has 0 aliphatic rings. The second kappa shape index (κ2) is 6.95. The molecule has 0 aliphatic carbocycles. The molecule has 0 spiro atoms. The topological polar surface area (TPSA) is 85.5 Å². The Balaban J connectivity index is 2.04. The number of thioether (sulfide) groups is 1. The van der Waals surface area contributed by atoms with E-state index < -0.39 is 5.97 Å². The molecule has 0 fully saturated rings. The number of aliphatic carboxylic acids is 1. The van der Waals surface area contributed by atoms with Crippen molar-refractivity contribution in [1.29, 1.82) is 0 Å². The number of benzene rings is 1. The zero-order chi connectivity index (χ0) is 14.4. The highest BCUT2D eigenvalue weighted by Gasteiger charge is 2.10. The number of carbonyl (C=O) groups is 1. The summed E-state index contributed by atoms with van der Waals surface area (Å²) in [5.74, 6) is 1.16. The molecule has 6 nitrogen and oxygen atoms in total. The van der Waals surface area contributed by atoms with Gasteiger partial charge < -0.3 is 14.4 Å². The smallest absolute Gasteiger partial charge is 0.313 e. The first-order valence-corrected chi connectivity index (χ1v) is 7.20. The summed E-state index contributed by atoms with van der Waals surface area (Å²) in [5.41, 5.74) is 0.800. The third-order valence-corrected chi connectivity index (χ3v) is 3.22. The molecule has 1 N–H and O–H groups in total. The maximum atomic E-state index is 10.4. The van der Waals surface area contributed by atoms with Crippen LogP contribution >= 0.6 is 11.8 Å². The summed E-state index contributed by atoms with van der Waals surface area (Å²) in [6.45, 7) is 2.51. The van der Waals surface area contributed by atoms with Gasteiger partial charge in [0.15, 0.2) is 0 Å². The summed E-state index contributed by atoms with van der Waals surface area (Å²) in [4.78, 5) is 14.6. The first-order chi connectivity index (χ1) is 9.69. The molecule has 0 amide bonds. The Hall–Kier alpha value is -2.02. The van der Waals surface area contributed by atoms with Crippen LogP contribution in [-0.4, -0.2) is 33.6 Å². The Morgan fingerprint density at radius 2 is 2.35 bits per heavy atom. The highest BCUT2D eigenvalue weighted by Crippen LogP contribution is 2.22. The number of ether oxygens (including phenoxy) is 1. The lowest BCUT2D eigenvalue weighted by atomic mass is 10.2. The molecule has 7 heteroatoms. The largest absolute Gasteiger partial charge is 0.494 e. The van der Waals surface area contributed by atoms with Gasteiger partial charge in [-0.3, -0.25) is 4.79 Å². The van der Waals surface area contributed by atoms with E-state index in [4.69, 9.17) is 14.4 Å². The van der Waals surface area contributed by atoms with Crippen molar-refractivity contribution < 1.29 is 19.2 Å². The molecular weight excluding hydrogens is 280 g/mol. The number of aromatic nitrogens is 2. The molecule has 20 heavy (non-hydrogen) atoms. The molecule has 2 rings (SSSR count). The van der Waals surface area contributed by atoms with Crippen molar-refractivity contribution in [2.24, 2.45) is 0 Å². The second-order valence-corrected chi connectivity index (χ2v) is 4.84. The molecule has 1 aromatic carbocycles. The quantitative estimate of drug-likeness (QED) is 0.839. The van der Waals surface area contributed by atoms with E-state index in [1.807, 2.05) is 31.2 Å². The van der Waals surface area contributed by atoms with Crippen LogP contribution in [0.1, 0.15) is 12.8 Å². The van der Waals surface area contributed by atoms with Crippen molar-refractivity contribution >= 4 is 17.7 Å². The van der Waals surface area contributed by atoms with Gasteiger partial charge in [-0.25, -0.2) is 0 Å². The first kappa shape index (κ1) is 14.4. The fourth-order valence-corrected chi connectivity index (χ4v) is 2.12. The van der Waals surface area contributed by atoms with Gasteiger partial charge in [-0.05, 0) is 19.1 Å². The maximum absolute atomic E-state index is 10.4. The van der Waals surface area contributed by atoms with Crippen molar-refractivity contribution in [3.8, 4) is 17.1 Å². The van der Waals surface area contributed by atoms with Crippen LogP contribution in [0, 0.1) is 0 Å². The van der Waals surface area contributed by atoms with Gasteiger partial charge in [0, 0.05) is 5.56 Å². The Morgan fingerprint density at radius 1 is 1.50 bits per heavy atom. The van der Waals surface area contributed by atoms with Crippen LogP contribution in [-0.2, 0) is 10.5 Å². The highest BCUT2D eigenvalue weighted by molar-refractivity contribution is 7.99. The average Bonchev–Trinajstić information content (AvgIpc) is 2.88. The van der Waals surface area contributed by atoms with Crippen LogP contribution in [0.3, 0.4) is 0 Å². The number of hydrogen-bond donors (Lipinski definition) is 1. The third-order valence-electron chi connectivity index (χ3n) is 2.32. The van der Waals surface area contributed by atoms with Gasteiger partial charge in [0.2, 0.25) is 11.7 Å². The number of hydrogen-bond acceptors (Lipinski definition) is 6. The molecule has 1 aromatic heterocycles. The van der Waals surface area contributed by atoms with E-state index in [0.29, 0.717) is 24.1 Å². The molecule has 0 atom stereocenters. The highest BCUT2D eigenvalue weighted by atomic mass is 32.2. The van der Waals surface area contributed by atoms with Crippen LogP contribution in [0.2, 0.25) is 0 Å². The third kappa shape index (κ3) is 3.99. The fraction of sp³-hybridized carbons (Fsp3) is 0.308. The van der Waals surface area contributed by atoms with E-state index in [2.05, 4.69) is 10.1 Å². The van der Waals surface area contributed by atoms with Gasteiger partial charge in [-0.1, -0.05) is 17.3 Å². The SMILES string of the molecule is CCOc1cccc(-c2noc(CSCC(=O)O)n2)c1. The van der Waals surface area contributed by atoms with Crippen LogP contribution in [0.5, 0.6) is 5.75 Å². The molecule has 1 heterocycles. The number of rotatable bonds is 7.